The normalized spacial score (nSPS) is 12.8. The second-order valence-corrected chi connectivity index (χ2v) is 4.28. The van der Waals surface area contributed by atoms with E-state index in [4.69, 9.17) is 17.2 Å². The first-order valence-corrected chi connectivity index (χ1v) is 6.91. The largest absolute Gasteiger partial charge is 3.00 e. The Morgan fingerprint density at radius 2 is 0.864 bits per heavy atom. The van der Waals surface area contributed by atoms with E-state index in [1.165, 1.54) is 0 Å². The molecule has 0 amide bonds. The summed E-state index contributed by atoms with van der Waals surface area (Å²) in [5, 5.41) is 28.9. The van der Waals surface area contributed by atoms with Crippen LogP contribution in [0.4, 0.5) is 0 Å². The summed E-state index contributed by atoms with van der Waals surface area (Å²) in [5.74, 6) is -3.80. The Labute approximate surface area is 161 Å². The Hall–Kier alpha value is -0.0366. The van der Waals surface area contributed by atoms with Crippen molar-refractivity contribution in [1.82, 2.24) is 0 Å². The van der Waals surface area contributed by atoms with Gasteiger partial charge in [-0.25, -0.2) is 0 Å². The van der Waals surface area contributed by atoms with Crippen LogP contribution in [0.15, 0.2) is 0 Å². The number of hydrogen-bond donors (Lipinski definition) is 3. The van der Waals surface area contributed by atoms with Gasteiger partial charge in [0.05, 0.1) is 17.9 Å². The Morgan fingerprint density at radius 3 is 0.864 bits per heavy atom. The van der Waals surface area contributed by atoms with Gasteiger partial charge in [-0.1, -0.05) is 0 Å². The van der Waals surface area contributed by atoms with Gasteiger partial charge in [-0.3, -0.25) is 0 Å². The zero-order valence-electron chi connectivity index (χ0n) is 14.1. The number of aliphatic carboxylic acids is 3. The molecule has 0 fully saturated rings. The molecule has 22 heavy (non-hydrogen) atoms. The minimum atomic E-state index is -1.28. The van der Waals surface area contributed by atoms with Gasteiger partial charge >= 0.3 is 23.8 Å². The van der Waals surface area contributed by atoms with E-state index in [0.717, 1.165) is 0 Å². The maximum Gasteiger partial charge on any atom is 3.00 e. The van der Waals surface area contributed by atoms with Gasteiger partial charge < -0.3 is 84.8 Å². The summed E-state index contributed by atoms with van der Waals surface area (Å²) in [6.07, 6.45) is 0. The smallest absolute Gasteiger partial charge is 0.791 e. The molecule has 0 aromatic carbocycles. The third-order valence-corrected chi connectivity index (χ3v) is 2.52. The molecule has 0 rings (SSSR count). The maximum atomic E-state index is 9.63. The van der Waals surface area contributed by atoms with Gasteiger partial charge in [-0.05, 0) is 0 Å². The summed E-state index contributed by atoms with van der Waals surface area (Å²) in [4.78, 5) is 28.9. The van der Waals surface area contributed by atoms with Gasteiger partial charge in [-0.15, -0.1) is 0 Å². The predicted molar refractivity (Wildman–Crippen MR) is 79.0 cm³/mol. The Balaban J connectivity index is -0.0000000360. The third kappa shape index (κ3) is 22.2. The van der Waals surface area contributed by atoms with Crippen molar-refractivity contribution in [1.29, 1.82) is 0 Å². The number of carboxylic acids is 3. The van der Waals surface area contributed by atoms with Crippen molar-refractivity contribution in [3.63, 3.8) is 0 Å². The molecule has 0 unspecified atom stereocenters. The van der Waals surface area contributed by atoms with Crippen LogP contribution in [0.2, 0.25) is 0 Å². The van der Waals surface area contributed by atoms with Crippen LogP contribution in [-0.4, -0.2) is 53.3 Å². The first-order chi connectivity index (χ1) is 9.54. The van der Waals surface area contributed by atoms with Crippen LogP contribution in [0.5, 0.6) is 0 Å². The van der Waals surface area contributed by atoms with Crippen LogP contribution in [0, 0.1) is 0 Å². The molecule has 6 N–H and O–H groups in total. The Morgan fingerprint density at radius 1 is 0.727 bits per heavy atom. The summed E-state index contributed by atoms with van der Waals surface area (Å²) in [5.41, 5.74) is 14.5. The molecule has 0 aliphatic heterocycles. The third-order valence-electron chi connectivity index (χ3n) is 1.45. The zero-order chi connectivity index (χ0) is 17.6. The van der Waals surface area contributed by atoms with Crippen LogP contribution in [0.3, 0.4) is 0 Å². The number of rotatable bonds is 6. The van der Waals surface area contributed by atoms with E-state index in [1.807, 2.05) is 0 Å². The molecular formula is C9H18N3O6RhS3. The van der Waals surface area contributed by atoms with Crippen LogP contribution >= 0.6 is 0 Å². The van der Waals surface area contributed by atoms with Crippen LogP contribution < -0.4 is 32.5 Å². The molecule has 0 aliphatic rings. The van der Waals surface area contributed by atoms with Crippen molar-refractivity contribution < 1.29 is 53.5 Å². The minimum absolute atomic E-state index is 0. The summed E-state index contributed by atoms with van der Waals surface area (Å²) in [6, 6.07) is -2.93. The quantitative estimate of drug-likeness (QED) is 0.249. The standard InChI is InChI=1S/3C3H7NO2S.Rh/c3*4-2(1-7)3(5)6;/h3*2,7H,1,4H2,(H,5,6);/q;;;+3/p-3/t3*2-;/m000./s1. The van der Waals surface area contributed by atoms with E-state index < -0.39 is 36.0 Å². The van der Waals surface area contributed by atoms with Crippen LogP contribution in [0.1, 0.15) is 4.28 Å². The van der Waals surface area contributed by atoms with Crippen molar-refractivity contribution in [3.05, 3.63) is 0 Å². The Bertz CT molecular complexity index is 293. The molecular weight excluding hydrogens is 445 g/mol. The number of carboxylic acid groups (broad SMARTS) is 3. The number of carbonyl (C=O) groups is 3. The molecule has 132 valence electrons. The van der Waals surface area contributed by atoms with E-state index in [-0.39, 0.29) is 41.0 Å². The number of carbonyl (C=O) groups excluding carboxylic acids is 3. The van der Waals surface area contributed by atoms with Crippen molar-refractivity contribution >= 4 is 55.8 Å². The second kappa shape index (κ2) is 19.0. The zero-order valence-corrected chi connectivity index (χ0v) is 15.2. The molecule has 0 aliphatic carbocycles. The second-order valence-electron chi connectivity index (χ2n) is 3.28. The van der Waals surface area contributed by atoms with Gasteiger partial charge in [-0.2, -0.15) is 17.3 Å². The summed E-state index contributed by atoms with van der Waals surface area (Å²) in [6.45, 7) is 0. The van der Waals surface area contributed by atoms with Gasteiger partial charge in [0.25, 0.3) is 0 Å². The SMILES string of the molecule is N[C@@H](C[S-])C(=O)[O-].N[C@@H](C[S-])C(=O)[O-].N[C@@H](C[S-])C(=O)[O-].[H+].[H+].[H+].[Rh+3]. The average Bonchev–Trinajstić information content (AvgIpc) is 2.45. The van der Waals surface area contributed by atoms with Gasteiger partial charge in [0.15, 0.2) is 0 Å². The molecule has 3 atom stereocenters. The van der Waals surface area contributed by atoms with Crippen molar-refractivity contribution in [3.8, 4) is 0 Å². The minimum Gasteiger partial charge on any atom is -0.791 e. The fourth-order valence-electron chi connectivity index (χ4n) is 0.204. The Kier molecular flexibility index (Phi) is 25.8. The number of nitrogens with two attached hydrogens (primary N) is 3. The molecule has 0 saturated carbocycles. The molecule has 0 heterocycles. The molecule has 0 radical (unpaired) electrons. The maximum absolute atomic E-state index is 9.63. The fraction of sp³-hybridized carbons (Fsp3) is 0.667. The van der Waals surface area contributed by atoms with Crippen LogP contribution in [-0.2, 0) is 71.7 Å². The fourth-order valence-corrected chi connectivity index (χ4v) is 0.612. The summed E-state index contributed by atoms with van der Waals surface area (Å²) < 4.78 is 0. The summed E-state index contributed by atoms with van der Waals surface area (Å²) >= 11 is 12.9. The monoisotopic (exact) mass is 463 g/mol. The number of hydrogen-bond acceptors (Lipinski definition) is 12. The molecule has 9 nitrogen and oxygen atoms in total. The topological polar surface area (TPSA) is 198 Å². The van der Waals surface area contributed by atoms with Gasteiger partial charge in [0, 0.05) is 18.1 Å². The molecule has 0 spiro atoms. The van der Waals surface area contributed by atoms with Crippen LogP contribution in [0.25, 0.3) is 0 Å². The first kappa shape index (κ1) is 29.9. The van der Waals surface area contributed by atoms with E-state index in [9.17, 15) is 29.7 Å². The van der Waals surface area contributed by atoms with Gasteiger partial charge in [0.2, 0.25) is 0 Å². The molecule has 0 aromatic rings. The van der Waals surface area contributed by atoms with Crippen molar-refractivity contribution in [2.45, 2.75) is 18.1 Å². The van der Waals surface area contributed by atoms with Crippen molar-refractivity contribution in [2.24, 2.45) is 17.2 Å². The molecule has 0 aromatic heterocycles. The molecule has 13 heteroatoms. The molecule has 0 saturated heterocycles. The van der Waals surface area contributed by atoms with E-state index in [0.29, 0.717) is 0 Å². The van der Waals surface area contributed by atoms with E-state index in [1.54, 1.807) is 0 Å². The van der Waals surface area contributed by atoms with E-state index >= 15 is 0 Å². The van der Waals surface area contributed by atoms with Crippen molar-refractivity contribution in [2.75, 3.05) is 17.3 Å². The molecule has 0 bridgehead atoms. The predicted octanol–water partition coefficient (Wildman–Crippen LogP) is -6.83. The van der Waals surface area contributed by atoms with E-state index in [2.05, 4.69) is 37.9 Å². The summed E-state index contributed by atoms with van der Waals surface area (Å²) in [7, 11) is 0. The first-order valence-electron chi connectivity index (χ1n) is 5.18. The van der Waals surface area contributed by atoms with Gasteiger partial charge in [0.1, 0.15) is 0 Å². The average molecular weight is 463 g/mol.